The minimum Gasteiger partial charge on any atom is -0.478 e. The molecule has 0 fully saturated rings. The van der Waals surface area contributed by atoms with Gasteiger partial charge in [0.05, 0.1) is 15.4 Å². The van der Waals surface area contributed by atoms with Crippen LogP contribution < -0.4 is 0 Å². The molecule has 2 aromatic rings. The quantitative estimate of drug-likeness (QED) is 0.321. The molecule has 0 saturated carbocycles. The van der Waals surface area contributed by atoms with E-state index in [4.69, 9.17) is 5.11 Å². The highest BCUT2D eigenvalue weighted by Crippen LogP contribution is 2.25. The summed E-state index contributed by atoms with van der Waals surface area (Å²) in [6, 6.07) is 3.64. The van der Waals surface area contributed by atoms with Crippen LogP contribution in [-0.2, 0) is 0 Å². The maximum atomic E-state index is 13.1. The third-order valence-corrected chi connectivity index (χ3v) is 3.81. The summed E-state index contributed by atoms with van der Waals surface area (Å²) in [7, 11) is 0. The van der Waals surface area contributed by atoms with Crippen molar-refractivity contribution in [3.05, 3.63) is 79.4 Å². The number of carbonyl (C=O) groups is 2. The third kappa shape index (κ3) is 9.11. The molecule has 10 nitrogen and oxygen atoms in total. The summed E-state index contributed by atoms with van der Waals surface area (Å²) in [6.07, 6.45) is -10.2. The first-order valence-corrected chi connectivity index (χ1v) is 8.86. The summed E-state index contributed by atoms with van der Waals surface area (Å²) in [5.74, 6) is -5.52. The second kappa shape index (κ2) is 11.4. The molecule has 0 radical (unpaired) electrons. The normalized spacial score (nSPS) is 11.2. The zero-order chi connectivity index (χ0) is 28.0. The number of nitrogens with zero attached hydrogens (tertiary/aromatic N) is 3. The smallest absolute Gasteiger partial charge is 0.406 e. The van der Waals surface area contributed by atoms with E-state index in [-0.39, 0.29) is 11.6 Å². The number of nitro groups is 2. The van der Waals surface area contributed by atoms with Gasteiger partial charge < -0.3 is 10.0 Å². The Kier molecular flexibility index (Phi) is 9.36. The number of hydrogen-bond donors (Lipinski definition) is 1. The fourth-order valence-electron chi connectivity index (χ4n) is 2.39. The molecule has 18 heteroatoms. The van der Waals surface area contributed by atoms with E-state index in [1.54, 1.807) is 0 Å². The number of amides is 1. The number of benzene rings is 2. The second-order valence-corrected chi connectivity index (χ2v) is 6.54. The number of nitro benzene ring substituents is 2. The second-order valence-electron chi connectivity index (χ2n) is 6.54. The summed E-state index contributed by atoms with van der Waals surface area (Å²) in [6.45, 7) is -4.42. The van der Waals surface area contributed by atoms with E-state index >= 15 is 0 Å². The molecule has 0 aliphatic carbocycles. The fourth-order valence-corrected chi connectivity index (χ4v) is 2.39. The van der Waals surface area contributed by atoms with Crippen molar-refractivity contribution in [2.45, 2.75) is 12.4 Å². The minimum absolute atomic E-state index is 0.275. The Morgan fingerprint density at radius 2 is 1.14 bits per heavy atom. The molecule has 2 rings (SSSR count). The molecule has 1 N–H and O–H groups in total. The molecule has 0 saturated heterocycles. The van der Waals surface area contributed by atoms with Gasteiger partial charge in [-0.1, -0.05) is 0 Å². The van der Waals surface area contributed by atoms with E-state index in [9.17, 15) is 64.9 Å². The molecule has 0 aromatic heterocycles. The first-order valence-electron chi connectivity index (χ1n) is 8.86. The van der Waals surface area contributed by atoms with Crippen molar-refractivity contribution in [2.75, 3.05) is 13.1 Å². The highest BCUT2D eigenvalue weighted by molar-refractivity contribution is 5.95. The van der Waals surface area contributed by atoms with Gasteiger partial charge in [0.1, 0.15) is 13.1 Å². The Morgan fingerprint density at radius 1 is 0.778 bits per heavy atom. The van der Waals surface area contributed by atoms with Gasteiger partial charge in [0, 0.05) is 17.7 Å². The summed E-state index contributed by atoms with van der Waals surface area (Å²) < 4.78 is 99.5. The van der Waals surface area contributed by atoms with Crippen LogP contribution in [-0.4, -0.2) is 57.2 Å². The summed E-state index contributed by atoms with van der Waals surface area (Å²) in [5, 5.41) is 29.1. The SMILES string of the molecule is O=C(O)c1ccc(F)c([N+](=O)[O-])c1.O=C(c1ccc(F)c([N+](=O)[O-])c1)N(CC(F)(F)F)CC(F)(F)F. The summed E-state index contributed by atoms with van der Waals surface area (Å²) in [4.78, 5) is 40.0. The van der Waals surface area contributed by atoms with Crippen LogP contribution in [0.4, 0.5) is 46.5 Å². The van der Waals surface area contributed by atoms with E-state index in [2.05, 4.69) is 0 Å². The van der Waals surface area contributed by atoms with E-state index in [0.29, 0.717) is 18.2 Å². The molecular weight excluding hydrogens is 522 g/mol. The zero-order valence-electron chi connectivity index (χ0n) is 17.1. The molecule has 0 aliphatic heterocycles. The van der Waals surface area contributed by atoms with Gasteiger partial charge in [-0.15, -0.1) is 0 Å². The van der Waals surface area contributed by atoms with Gasteiger partial charge in [0.15, 0.2) is 0 Å². The highest BCUT2D eigenvalue weighted by atomic mass is 19.4. The van der Waals surface area contributed by atoms with Crippen molar-refractivity contribution in [3.63, 3.8) is 0 Å². The largest absolute Gasteiger partial charge is 0.478 e. The van der Waals surface area contributed by atoms with Gasteiger partial charge >= 0.3 is 29.7 Å². The number of carboxylic acids is 1. The first-order chi connectivity index (χ1) is 16.3. The Morgan fingerprint density at radius 3 is 1.47 bits per heavy atom. The van der Waals surface area contributed by atoms with Crippen LogP contribution >= 0.6 is 0 Å². The van der Waals surface area contributed by atoms with E-state index in [1.165, 1.54) is 0 Å². The molecule has 0 atom stereocenters. The van der Waals surface area contributed by atoms with Gasteiger partial charge in [-0.2, -0.15) is 35.1 Å². The van der Waals surface area contributed by atoms with Crippen molar-refractivity contribution in [3.8, 4) is 0 Å². The number of alkyl halides is 6. The minimum atomic E-state index is -5.12. The Hall–Kier alpha value is -4.38. The molecule has 36 heavy (non-hydrogen) atoms. The van der Waals surface area contributed by atoms with Crippen molar-refractivity contribution < 1.29 is 59.7 Å². The molecule has 0 aliphatic rings. The number of rotatable bonds is 6. The lowest BCUT2D eigenvalue weighted by Gasteiger charge is -2.25. The lowest BCUT2D eigenvalue weighted by Crippen LogP contribution is -2.44. The maximum Gasteiger partial charge on any atom is 0.406 e. The fraction of sp³-hybridized carbons (Fsp3) is 0.222. The third-order valence-electron chi connectivity index (χ3n) is 3.81. The Balaban J connectivity index is 0.000000420. The van der Waals surface area contributed by atoms with Crippen LogP contribution in [0.2, 0.25) is 0 Å². The molecule has 1 amide bonds. The number of hydrogen-bond acceptors (Lipinski definition) is 6. The average Bonchev–Trinajstić information content (AvgIpc) is 2.71. The van der Waals surface area contributed by atoms with Crippen LogP contribution in [0.15, 0.2) is 36.4 Å². The predicted molar refractivity (Wildman–Crippen MR) is 101 cm³/mol. The van der Waals surface area contributed by atoms with Gasteiger partial charge in [-0.05, 0) is 24.3 Å². The van der Waals surface area contributed by atoms with Crippen LogP contribution in [0.1, 0.15) is 20.7 Å². The van der Waals surface area contributed by atoms with Crippen LogP contribution in [0.5, 0.6) is 0 Å². The van der Waals surface area contributed by atoms with E-state index in [1.807, 2.05) is 0 Å². The lowest BCUT2D eigenvalue weighted by molar-refractivity contribution is -0.387. The standard InChI is InChI=1S/C11H7F7N2O3.C7H4FNO4/c12-7-2-1-6(3-8(7)20(22)23)9(21)19(4-10(13,14)15)5-11(16,17)18;8-5-2-1-4(7(10)11)3-6(5)9(12)13/h1-3H,4-5H2;1-3H,(H,10,11). The molecular formula is C18H11F8N3O7. The van der Waals surface area contributed by atoms with E-state index in [0.717, 1.165) is 12.1 Å². The van der Waals surface area contributed by atoms with Crippen molar-refractivity contribution in [1.82, 2.24) is 4.90 Å². The number of halogens is 8. The predicted octanol–water partition coefficient (Wildman–Crippen LogP) is 4.73. The highest BCUT2D eigenvalue weighted by Gasteiger charge is 2.40. The van der Waals surface area contributed by atoms with Crippen molar-refractivity contribution in [1.29, 1.82) is 0 Å². The molecule has 0 bridgehead atoms. The van der Waals surface area contributed by atoms with Gasteiger partial charge in [0.25, 0.3) is 5.91 Å². The number of carboxylic acid groups (broad SMARTS) is 1. The number of aromatic carboxylic acids is 1. The summed E-state index contributed by atoms with van der Waals surface area (Å²) in [5.41, 5.74) is -3.26. The monoisotopic (exact) mass is 533 g/mol. The summed E-state index contributed by atoms with van der Waals surface area (Å²) >= 11 is 0. The first kappa shape index (κ1) is 29.7. The van der Waals surface area contributed by atoms with E-state index < -0.39 is 80.6 Å². The zero-order valence-corrected chi connectivity index (χ0v) is 17.1. The van der Waals surface area contributed by atoms with Crippen molar-refractivity contribution in [2.24, 2.45) is 0 Å². The Bertz CT molecular complexity index is 1150. The Labute approximate surface area is 193 Å². The lowest BCUT2D eigenvalue weighted by atomic mass is 10.1. The molecule has 2 aromatic carbocycles. The van der Waals surface area contributed by atoms with Crippen LogP contribution in [0.3, 0.4) is 0 Å². The van der Waals surface area contributed by atoms with Crippen LogP contribution in [0.25, 0.3) is 0 Å². The molecule has 196 valence electrons. The van der Waals surface area contributed by atoms with Gasteiger partial charge in [-0.3, -0.25) is 25.0 Å². The molecule has 0 spiro atoms. The van der Waals surface area contributed by atoms with Gasteiger partial charge in [0.2, 0.25) is 11.6 Å². The average molecular weight is 533 g/mol. The topological polar surface area (TPSA) is 144 Å². The van der Waals surface area contributed by atoms with Crippen molar-refractivity contribution >= 4 is 23.3 Å². The van der Waals surface area contributed by atoms with Crippen LogP contribution in [0, 0.1) is 31.9 Å². The molecule has 0 unspecified atom stereocenters. The number of carbonyl (C=O) groups excluding carboxylic acids is 1. The van der Waals surface area contributed by atoms with Gasteiger partial charge in [-0.25, -0.2) is 4.79 Å². The maximum absolute atomic E-state index is 13.1. The molecule has 0 heterocycles.